The minimum Gasteiger partial charge on any atom is -1.00 e. The second kappa shape index (κ2) is 15.6. The van der Waals surface area contributed by atoms with Crippen molar-refractivity contribution in [1.29, 1.82) is 0 Å². The number of oxime groups is 1. The number of thioether (sulfide) groups is 2. The number of thiazole rings is 1. The number of nitrogens with two attached hydrogens (primary N) is 3. The summed E-state index contributed by atoms with van der Waals surface area (Å²) in [6, 6.07) is 2.02. The number of allylic oxidation sites excluding steroid dienone is 1. The van der Waals surface area contributed by atoms with E-state index in [4.69, 9.17) is 22.1 Å². The van der Waals surface area contributed by atoms with Crippen LogP contribution in [0.3, 0.4) is 0 Å². The Morgan fingerprint density at radius 1 is 1.19 bits per heavy atom. The Morgan fingerprint density at radius 2 is 1.96 bits per heavy atom. The third-order valence-corrected chi connectivity index (χ3v) is 11.0. The maximum Gasteiger partial charge on any atom is 0.385 e. The minimum atomic E-state index is -1.82. The van der Waals surface area contributed by atoms with Crippen molar-refractivity contribution in [2.75, 3.05) is 28.8 Å². The lowest BCUT2D eigenvalue weighted by Crippen LogP contribution is -3.00. The van der Waals surface area contributed by atoms with Gasteiger partial charge >= 0.3 is 17.1 Å². The lowest BCUT2D eigenvalue weighted by molar-refractivity contribution is -0.689. The van der Waals surface area contributed by atoms with Gasteiger partial charge in [-0.15, -0.1) is 27.8 Å². The summed E-state index contributed by atoms with van der Waals surface area (Å²) in [4.78, 5) is 65.9. The molecule has 11 N–H and O–H groups in total. The average Bonchev–Trinajstić information content (AvgIpc) is 3.77. The Bertz CT molecular complexity index is 2060. The summed E-state index contributed by atoms with van der Waals surface area (Å²) in [6.07, 6.45) is 4.12. The molecule has 2 aliphatic heterocycles. The molecule has 2 amide bonds. The van der Waals surface area contributed by atoms with Crippen LogP contribution >= 0.6 is 34.9 Å². The third-order valence-electron chi connectivity index (χ3n) is 8.08. The number of aliphatic carboxylic acids is 2. The molecule has 18 nitrogen and oxygen atoms in total. The van der Waals surface area contributed by atoms with Crippen LogP contribution in [-0.4, -0.2) is 87.7 Å². The van der Waals surface area contributed by atoms with Crippen LogP contribution in [0.4, 0.5) is 10.9 Å². The number of nitrogen functional groups attached to an aromatic ring is 3. The number of carbonyl (C=O) groups is 4. The first-order valence-electron chi connectivity index (χ1n) is 15.0. The molecule has 0 radical (unpaired) electrons. The van der Waals surface area contributed by atoms with Gasteiger partial charge in [-0.25, -0.2) is 14.6 Å². The van der Waals surface area contributed by atoms with Gasteiger partial charge in [-0.2, -0.15) is 0 Å². The second-order valence-electron chi connectivity index (χ2n) is 11.3. The predicted octanol–water partition coefficient (Wildman–Crippen LogP) is -2.76. The minimum absolute atomic E-state index is 0. The van der Waals surface area contributed by atoms with Crippen molar-refractivity contribution in [1.82, 2.24) is 20.2 Å². The zero-order valence-corrected chi connectivity index (χ0v) is 29.8. The van der Waals surface area contributed by atoms with Crippen LogP contribution in [0.2, 0.25) is 0 Å². The van der Waals surface area contributed by atoms with E-state index in [0.717, 1.165) is 58.9 Å². The van der Waals surface area contributed by atoms with Gasteiger partial charge in [0.25, 0.3) is 11.8 Å². The van der Waals surface area contributed by atoms with E-state index in [0.29, 0.717) is 22.3 Å². The number of phenolic OH excluding ortho intramolecular Hbond substituents is 2. The number of carbonyl (C=O) groups excluding carboxylic acids is 2. The fourth-order valence-electron chi connectivity index (χ4n) is 5.66. The molecule has 0 saturated carbocycles. The van der Waals surface area contributed by atoms with Crippen molar-refractivity contribution in [3.8, 4) is 11.5 Å². The number of nitrogens with one attached hydrogen (secondary N) is 1. The van der Waals surface area contributed by atoms with E-state index in [1.54, 1.807) is 12.2 Å². The number of phenols is 2. The molecule has 3 atom stereocenters. The van der Waals surface area contributed by atoms with Crippen LogP contribution in [0.15, 0.2) is 57.3 Å². The van der Waals surface area contributed by atoms with E-state index >= 15 is 0 Å². The number of anilines is 2. The fraction of sp³-hybridized carbons (Fsp3) is 0.267. The zero-order valence-electron chi connectivity index (χ0n) is 26.6. The number of carboxylic acid groups (broad SMARTS) is 2. The topological polar surface area (TPSA) is 294 Å². The quantitative estimate of drug-likeness (QED) is 0.0135. The highest BCUT2D eigenvalue weighted by Crippen LogP contribution is 2.41. The van der Waals surface area contributed by atoms with Crippen LogP contribution in [-0.2, 0) is 36.9 Å². The maximum atomic E-state index is 13.5. The first kappa shape index (κ1) is 38.0. The summed E-state index contributed by atoms with van der Waals surface area (Å²) in [5.41, 5.74) is 13.2. The predicted molar refractivity (Wildman–Crippen MR) is 185 cm³/mol. The molecule has 3 aliphatic rings. The summed E-state index contributed by atoms with van der Waals surface area (Å²) in [6.45, 7) is 0. The van der Waals surface area contributed by atoms with Crippen molar-refractivity contribution in [2.45, 2.75) is 41.9 Å². The van der Waals surface area contributed by atoms with Crippen molar-refractivity contribution in [3.05, 3.63) is 69.5 Å². The number of hydrogen-bond donors (Lipinski definition) is 8. The molecule has 0 unspecified atom stereocenters. The number of rotatable bonds is 12. The van der Waals surface area contributed by atoms with Gasteiger partial charge in [0.2, 0.25) is 11.9 Å². The Kier molecular flexibility index (Phi) is 11.4. The van der Waals surface area contributed by atoms with Gasteiger partial charge < -0.3 is 54.5 Å². The van der Waals surface area contributed by atoms with Crippen molar-refractivity contribution >= 4 is 75.3 Å². The van der Waals surface area contributed by atoms with E-state index in [9.17, 15) is 39.6 Å². The molecule has 1 aliphatic carbocycles. The average molecular weight is 792 g/mol. The highest BCUT2D eigenvalue weighted by molar-refractivity contribution is 8.00. The molecule has 52 heavy (non-hydrogen) atoms. The Balaban J connectivity index is 0.00000523. The number of carboxylic acids is 2. The maximum absolute atomic E-state index is 13.5. The van der Waals surface area contributed by atoms with Crippen molar-refractivity contribution < 1.29 is 61.5 Å². The Morgan fingerprint density at radius 3 is 2.63 bits per heavy atom. The number of aromatic nitrogens is 3. The van der Waals surface area contributed by atoms with Gasteiger partial charge in [-0.3, -0.25) is 20.3 Å². The molecule has 2 aromatic heterocycles. The van der Waals surface area contributed by atoms with Gasteiger partial charge in [0.05, 0.1) is 5.56 Å². The van der Waals surface area contributed by atoms with E-state index < -0.39 is 58.5 Å². The molecule has 1 fully saturated rings. The van der Waals surface area contributed by atoms with Gasteiger partial charge in [0.15, 0.2) is 22.3 Å². The van der Waals surface area contributed by atoms with Crippen molar-refractivity contribution in [2.24, 2.45) is 5.16 Å². The summed E-state index contributed by atoms with van der Waals surface area (Å²) in [5.74, 6) is 1.66. The highest BCUT2D eigenvalue weighted by Gasteiger charge is 2.54. The van der Waals surface area contributed by atoms with Gasteiger partial charge in [0.1, 0.15) is 28.5 Å². The number of hydrogen-bond acceptors (Lipinski definition) is 16. The number of benzene rings is 1. The SMILES string of the molecule is Nc1nc(/C(=N/O[C@H](C(=O)O)c2ccc(O)c(O)c2)C(=O)N[C@@H]2C(=O)N3C(C(=O)O)=C(/C=C/CSc4nc(N)c5c([n+]4N)CCC5)CS[C@H]23)cs1.[Cl-]. The number of amides is 2. The fourth-order valence-corrected chi connectivity index (χ4v) is 8.28. The first-order valence-corrected chi connectivity index (χ1v) is 18.0. The van der Waals surface area contributed by atoms with Crippen LogP contribution in [0.25, 0.3) is 0 Å². The molecule has 0 bridgehead atoms. The monoisotopic (exact) mass is 791 g/mol. The number of halogens is 1. The van der Waals surface area contributed by atoms with E-state index in [-0.39, 0.29) is 40.2 Å². The van der Waals surface area contributed by atoms with Crippen molar-refractivity contribution in [3.63, 3.8) is 0 Å². The van der Waals surface area contributed by atoms with Gasteiger partial charge in [-0.05, 0) is 47.3 Å². The molecule has 1 aromatic carbocycles. The second-order valence-corrected chi connectivity index (χ2v) is 14.2. The van der Waals surface area contributed by atoms with E-state index in [1.165, 1.54) is 39.6 Å². The molecule has 4 heterocycles. The van der Waals surface area contributed by atoms with Crippen LogP contribution in [0.5, 0.6) is 11.5 Å². The standard InChI is InChI=1S/C30H29N9O9S3.ClH/c31-23-14-4-1-5-16(14)39(33)30(36-23)49-8-2-3-13-10-50-26-20(25(43)38(26)21(13)27(44)45)35-24(42)19(15-11-51-29(32)34-15)37-48-22(28(46)47)12-6-7-17(40)18(41)9-12;/h2-3,6-7,9,11,20,22,26,31H,1,4-5,8,10,33H2,(H7,32,34,35,37,40,41,42,44,45,46,47);1H/b3-2+;/t20-,22+,26-;/m1./s1. The van der Waals surface area contributed by atoms with E-state index in [2.05, 4.69) is 20.4 Å². The number of nitrogens with zero attached hydrogens (tertiary/aromatic N) is 5. The Labute approximate surface area is 312 Å². The van der Waals surface area contributed by atoms with E-state index in [1.807, 2.05) is 0 Å². The molecule has 22 heteroatoms. The molecule has 6 rings (SSSR count). The highest BCUT2D eigenvalue weighted by atomic mass is 35.5. The lowest BCUT2D eigenvalue weighted by atomic mass is 10.0. The van der Waals surface area contributed by atoms with Gasteiger partial charge in [-0.1, -0.05) is 23.4 Å². The Hall–Kier alpha value is -5.25. The third kappa shape index (κ3) is 7.38. The summed E-state index contributed by atoms with van der Waals surface area (Å²) in [5, 5.41) is 46.7. The normalized spacial score (nSPS) is 18.7. The zero-order chi connectivity index (χ0) is 36.6. The largest absolute Gasteiger partial charge is 1.00 e. The summed E-state index contributed by atoms with van der Waals surface area (Å²) in [7, 11) is 0. The summed E-state index contributed by atoms with van der Waals surface area (Å²) < 4.78 is 1.53. The molecule has 0 spiro atoms. The molecular weight excluding hydrogens is 762 g/mol. The summed E-state index contributed by atoms with van der Waals surface area (Å²) >= 11 is 3.52. The lowest BCUT2D eigenvalue weighted by Gasteiger charge is -2.49. The first-order chi connectivity index (χ1) is 24.3. The molecule has 1 saturated heterocycles. The molecular formula is C30H30ClN9O9S3. The number of fused-ring (bicyclic) bond motifs is 2. The number of β-lactam (4-membered cyclic amide) rings is 1. The van der Waals surface area contributed by atoms with Gasteiger partial charge in [0, 0.05) is 28.9 Å². The van der Waals surface area contributed by atoms with Crippen LogP contribution < -0.4 is 39.7 Å². The molecule has 3 aromatic rings. The van der Waals surface area contributed by atoms with Crippen LogP contribution in [0, 0.1) is 0 Å². The number of aromatic hydroxyl groups is 2. The smallest absolute Gasteiger partial charge is 0.385 e. The van der Waals surface area contributed by atoms with Crippen LogP contribution in [0.1, 0.15) is 35.0 Å². The molecule has 274 valence electrons.